The van der Waals surface area contributed by atoms with Gasteiger partial charge in [0.25, 0.3) is 0 Å². The van der Waals surface area contributed by atoms with Gasteiger partial charge in [-0.15, -0.1) is 0 Å². The molecule has 0 aromatic rings. The van der Waals surface area contributed by atoms with Crippen LogP contribution in [0.4, 0.5) is 4.39 Å². The fraction of sp³-hybridized carbons (Fsp3) is 0.931. The van der Waals surface area contributed by atoms with Crippen LogP contribution in [-0.4, -0.2) is 155 Å². The van der Waals surface area contributed by atoms with E-state index in [0.29, 0.717) is 13.0 Å². The molecule has 2 heterocycles. The summed E-state index contributed by atoms with van der Waals surface area (Å²) in [6, 6.07) is -4.42. The third kappa shape index (κ3) is 10.6. The van der Waals surface area contributed by atoms with E-state index < -0.39 is 104 Å². The summed E-state index contributed by atoms with van der Waals surface area (Å²) in [5.74, 6) is -1.08. The van der Waals surface area contributed by atoms with Crippen molar-refractivity contribution in [3.8, 4) is 0 Å². The van der Waals surface area contributed by atoms with Crippen molar-refractivity contribution >= 4 is 11.9 Å². The molecule has 1 amide bonds. The van der Waals surface area contributed by atoms with Crippen molar-refractivity contribution in [1.29, 1.82) is 5.41 Å². The molecule has 1 aliphatic carbocycles. The molecule has 1 saturated carbocycles. The normalized spacial score (nSPS) is 39.8. The van der Waals surface area contributed by atoms with Crippen LogP contribution in [0.2, 0.25) is 0 Å². The number of carbonyl (C=O) groups excluding carboxylic acids is 1. The quantitative estimate of drug-likeness (QED) is 0.0634. The van der Waals surface area contributed by atoms with Crippen LogP contribution >= 0.6 is 0 Å². The molecule has 19 heteroatoms. The van der Waals surface area contributed by atoms with Gasteiger partial charge in [-0.2, -0.15) is 0 Å². The van der Waals surface area contributed by atoms with Gasteiger partial charge >= 0.3 is 0 Å². The molecule has 3 fully saturated rings. The average Bonchev–Trinajstić information content (AvgIpc) is 3.00. The molecule has 0 spiro atoms. The van der Waals surface area contributed by atoms with Crippen LogP contribution in [0.5, 0.6) is 0 Å². The smallest absolute Gasteiger partial charge is 0.249 e. The minimum Gasteiger partial charge on any atom is -0.394 e. The molecule has 2 saturated heterocycles. The van der Waals surface area contributed by atoms with Gasteiger partial charge in [0, 0.05) is 19.1 Å². The highest BCUT2D eigenvalue weighted by Crippen LogP contribution is 2.33. The van der Waals surface area contributed by atoms with E-state index in [1.54, 1.807) is 0 Å². The molecular weight excluding hydrogens is 639 g/mol. The predicted molar refractivity (Wildman–Crippen MR) is 170 cm³/mol. The lowest BCUT2D eigenvalue weighted by molar-refractivity contribution is -0.311. The van der Waals surface area contributed by atoms with Crippen LogP contribution in [0.15, 0.2) is 0 Å². The van der Waals surface area contributed by atoms with Crippen molar-refractivity contribution in [2.75, 3.05) is 26.2 Å². The number of ether oxygens (including phenoxy) is 4. The van der Waals surface area contributed by atoms with E-state index >= 15 is 4.39 Å². The molecule has 2 aliphatic heterocycles. The fourth-order valence-electron chi connectivity index (χ4n) is 5.97. The zero-order valence-electron chi connectivity index (χ0n) is 27.8. The maximum atomic E-state index is 16.6. The summed E-state index contributed by atoms with van der Waals surface area (Å²) in [6.45, 7) is 5.74. The van der Waals surface area contributed by atoms with Crippen molar-refractivity contribution in [3.63, 3.8) is 0 Å². The van der Waals surface area contributed by atoms with E-state index in [1.807, 2.05) is 20.8 Å². The number of hydrogen-bond acceptors (Lipinski definition) is 15. The summed E-state index contributed by atoms with van der Waals surface area (Å²) >= 11 is 0. The number of halogens is 1. The van der Waals surface area contributed by atoms with Gasteiger partial charge in [-0.05, 0) is 37.6 Å². The lowest BCUT2D eigenvalue weighted by Crippen LogP contribution is -2.69. The Bertz CT molecular complexity index is 1030. The minimum atomic E-state index is -2.12. The SMILES string of the molecule is CC(C)(C)CCNC(=N)NC1C(O)[C@@H](CO)OC(OC2[C@@H](F)[C@H](O[C@H]3OC(CN)[C@@H](O)CC3N)C(N)C[C@H]2NC(=O)[C@@H](O)CCN)[C@@H]1O. The van der Waals surface area contributed by atoms with Crippen LogP contribution in [0.3, 0.4) is 0 Å². The molecular formula is C29H57FN8O10. The van der Waals surface area contributed by atoms with Crippen molar-refractivity contribution in [2.45, 2.75) is 138 Å². The highest BCUT2D eigenvalue weighted by molar-refractivity contribution is 5.80. The number of rotatable bonds is 13. The summed E-state index contributed by atoms with van der Waals surface area (Å²) in [5.41, 5.74) is 23.6. The molecule has 7 unspecified atom stereocenters. The first-order valence-corrected chi connectivity index (χ1v) is 16.4. The number of alkyl halides is 1. The zero-order chi connectivity index (χ0) is 35.9. The largest absolute Gasteiger partial charge is 0.394 e. The van der Waals surface area contributed by atoms with E-state index in [9.17, 15) is 30.3 Å². The summed E-state index contributed by atoms with van der Waals surface area (Å²) in [6.07, 6.45) is -15.4. The Labute approximate surface area is 279 Å². The van der Waals surface area contributed by atoms with Crippen LogP contribution in [-0.2, 0) is 23.7 Å². The average molecular weight is 697 g/mol. The molecule has 18 nitrogen and oxygen atoms in total. The Kier molecular flexibility index (Phi) is 15.1. The van der Waals surface area contributed by atoms with Gasteiger partial charge in [0.2, 0.25) is 5.91 Å². The third-order valence-electron chi connectivity index (χ3n) is 8.83. The monoisotopic (exact) mass is 696 g/mol. The van der Waals surface area contributed by atoms with E-state index in [0.717, 1.165) is 0 Å². The van der Waals surface area contributed by atoms with E-state index in [2.05, 4.69) is 16.0 Å². The van der Waals surface area contributed by atoms with Gasteiger partial charge in [0.05, 0.1) is 36.9 Å². The van der Waals surface area contributed by atoms with Gasteiger partial charge in [-0.25, -0.2) is 4.39 Å². The second-order valence-corrected chi connectivity index (χ2v) is 14.0. The first kappa shape index (κ1) is 40.6. The van der Waals surface area contributed by atoms with Gasteiger partial charge in [-0.1, -0.05) is 20.8 Å². The number of nitrogens with two attached hydrogens (primary N) is 4. The number of aliphatic hydroxyl groups is 5. The Morgan fingerprint density at radius 2 is 1.65 bits per heavy atom. The number of amides is 1. The lowest BCUT2D eigenvalue weighted by Gasteiger charge is -2.48. The number of hydrogen-bond donors (Lipinski definition) is 13. The lowest BCUT2D eigenvalue weighted by atomic mass is 9.84. The summed E-state index contributed by atoms with van der Waals surface area (Å²) in [4.78, 5) is 12.8. The van der Waals surface area contributed by atoms with Gasteiger partial charge in [0.1, 0.15) is 36.6 Å². The number of guanidine groups is 1. The first-order chi connectivity index (χ1) is 22.5. The Balaban J connectivity index is 1.84. The molecule has 0 bridgehead atoms. The van der Waals surface area contributed by atoms with Crippen molar-refractivity contribution in [3.05, 3.63) is 0 Å². The number of carbonyl (C=O) groups is 1. The molecule has 17 N–H and O–H groups in total. The van der Waals surface area contributed by atoms with Crippen molar-refractivity contribution in [2.24, 2.45) is 28.3 Å². The summed E-state index contributed by atoms with van der Waals surface area (Å²) < 4.78 is 39.9. The van der Waals surface area contributed by atoms with E-state index in [4.69, 9.17) is 47.3 Å². The summed E-state index contributed by atoms with van der Waals surface area (Å²) in [7, 11) is 0. The van der Waals surface area contributed by atoms with Crippen LogP contribution < -0.4 is 38.9 Å². The fourth-order valence-corrected chi connectivity index (χ4v) is 5.97. The second-order valence-electron chi connectivity index (χ2n) is 14.0. The molecule has 3 aliphatic rings. The highest BCUT2D eigenvalue weighted by Gasteiger charge is 2.53. The summed E-state index contributed by atoms with van der Waals surface area (Å²) in [5, 5.41) is 68.9. The molecule has 0 aromatic carbocycles. The maximum Gasteiger partial charge on any atom is 0.249 e. The standard InChI is InChI=1S/C29H57FN8O10/c1-29(2,3)5-7-36-28(35)38-20-21(42)18(11-39)46-27(22(20)43)48-24-14(37-25(44)15(40)4-6-31)8-12(33)23(19(24)30)47-26-13(34)9-16(41)17(10-32)45-26/h12-24,26-27,39-43H,4-11,31-34H2,1-3H3,(H,37,44)(H3,35,36,38)/t12?,13?,14-,15+,16+,17?,18-,19+,20?,21?,22-,23-,24?,26-,27?/m1/s1. The zero-order valence-corrected chi connectivity index (χ0v) is 27.8. The van der Waals surface area contributed by atoms with Crippen LogP contribution in [0.1, 0.15) is 46.5 Å². The van der Waals surface area contributed by atoms with Crippen LogP contribution in [0, 0.1) is 10.8 Å². The molecule has 15 atom stereocenters. The van der Waals surface area contributed by atoms with E-state index in [-0.39, 0.29) is 43.7 Å². The Hall–Kier alpha value is -1.85. The van der Waals surface area contributed by atoms with Gasteiger partial charge < -0.3 is 83.4 Å². The van der Waals surface area contributed by atoms with Crippen molar-refractivity contribution in [1.82, 2.24) is 16.0 Å². The van der Waals surface area contributed by atoms with Gasteiger partial charge in [-0.3, -0.25) is 10.2 Å². The van der Waals surface area contributed by atoms with E-state index in [1.165, 1.54) is 0 Å². The van der Waals surface area contributed by atoms with Crippen LogP contribution in [0.25, 0.3) is 0 Å². The topological polar surface area (TPSA) is 319 Å². The highest BCUT2D eigenvalue weighted by atomic mass is 19.1. The number of aliphatic hydroxyl groups excluding tert-OH is 5. The second kappa shape index (κ2) is 17.9. The third-order valence-corrected chi connectivity index (χ3v) is 8.83. The molecule has 280 valence electrons. The van der Waals surface area contributed by atoms with Gasteiger partial charge in [0.15, 0.2) is 24.7 Å². The molecule has 3 rings (SSSR count). The maximum absolute atomic E-state index is 16.6. The van der Waals surface area contributed by atoms with Crippen molar-refractivity contribution < 1.29 is 53.7 Å². The first-order valence-electron chi connectivity index (χ1n) is 16.4. The number of nitrogens with one attached hydrogen (secondary N) is 4. The minimum absolute atomic E-state index is 0.00190. The Morgan fingerprint density at radius 1 is 1.00 bits per heavy atom. The molecule has 0 aromatic heterocycles. The Morgan fingerprint density at radius 3 is 2.25 bits per heavy atom. The predicted octanol–water partition coefficient (Wildman–Crippen LogP) is -4.86. The molecule has 48 heavy (non-hydrogen) atoms. The molecule has 0 radical (unpaired) electrons.